The van der Waals surface area contributed by atoms with E-state index in [1.165, 1.54) is 43.4 Å². The number of ether oxygens (including phenoxy) is 1. The fourth-order valence-electron chi connectivity index (χ4n) is 3.18. The molecule has 1 aromatic rings. The second kappa shape index (κ2) is 5.76. The maximum absolute atomic E-state index is 6.29. The highest BCUT2D eigenvalue weighted by molar-refractivity contribution is 7.99. The SMILES string of the molecule is NCC1(c2ccccc2OC2CCCSC2)CCC1. The smallest absolute Gasteiger partial charge is 0.123 e. The minimum Gasteiger partial charge on any atom is -0.489 e. The third-order valence-electron chi connectivity index (χ3n) is 4.57. The van der Waals surface area contributed by atoms with E-state index in [0.717, 1.165) is 18.0 Å². The van der Waals surface area contributed by atoms with E-state index in [0.29, 0.717) is 6.10 Å². The molecule has 0 bridgehead atoms. The van der Waals surface area contributed by atoms with Crippen molar-refractivity contribution in [3.63, 3.8) is 0 Å². The summed E-state index contributed by atoms with van der Waals surface area (Å²) in [4.78, 5) is 0. The molecule has 1 saturated heterocycles. The predicted octanol–water partition coefficient (Wildman–Crippen LogP) is 3.34. The summed E-state index contributed by atoms with van der Waals surface area (Å²) in [5, 5.41) is 0. The van der Waals surface area contributed by atoms with Crippen LogP contribution in [0.4, 0.5) is 0 Å². The van der Waals surface area contributed by atoms with E-state index in [1.807, 2.05) is 11.8 Å². The van der Waals surface area contributed by atoms with Gasteiger partial charge in [0.2, 0.25) is 0 Å². The van der Waals surface area contributed by atoms with Crippen LogP contribution in [0.25, 0.3) is 0 Å². The first-order valence-corrected chi connectivity index (χ1v) is 8.53. The summed E-state index contributed by atoms with van der Waals surface area (Å²) < 4.78 is 6.29. The fraction of sp³-hybridized carbons (Fsp3) is 0.625. The summed E-state index contributed by atoms with van der Waals surface area (Å²) in [5.74, 6) is 3.50. The monoisotopic (exact) mass is 277 g/mol. The Bertz CT molecular complexity index is 419. The molecule has 19 heavy (non-hydrogen) atoms. The first-order chi connectivity index (χ1) is 9.34. The van der Waals surface area contributed by atoms with Crippen LogP contribution in [-0.4, -0.2) is 24.2 Å². The number of hydrogen-bond donors (Lipinski definition) is 1. The molecule has 0 amide bonds. The van der Waals surface area contributed by atoms with E-state index in [9.17, 15) is 0 Å². The van der Waals surface area contributed by atoms with E-state index in [1.54, 1.807) is 0 Å². The molecule has 1 aliphatic carbocycles. The number of hydrogen-bond acceptors (Lipinski definition) is 3. The van der Waals surface area contributed by atoms with E-state index in [2.05, 4.69) is 24.3 Å². The molecule has 104 valence electrons. The molecule has 3 heteroatoms. The van der Waals surface area contributed by atoms with Crippen molar-refractivity contribution in [3.8, 4) is 5.75 Å². The van der Waals surface area contributed by atoms with Gasteiger partial charge in [-0.25, -0.2) is 0 Å². The van der Waals surface area contributed by atoms with Crippen LogP contribution in [-0.2, 0) is 5.41 Å². The van der Waals surface area contributed by atoms with E-state index < -0.39 is 0 Å². The molecule has 2 fully saturated rings. The Morgan fingerprint density at radius 2 is 2.11 bits per heavy atom. The molecule has 3 rings (SSSR count). The van der Waals surface area contributed by atoms with Crippen molar-refractivity contribution in [2.45, 2.75) is 43.6 Å². The van der Waals surface area contributed by atoms with Crippen molar-refractivity contribution in [1.29, 1.82) is 0 Å². The lowest BCUT2D eigenvalue weighted by Gasteiger charge is -2.42. The van der Waals surface area contributed by atoms with Gasteiger partial charge in [-0.05, 0) is 37.5 Å². The Morgan fingerprint density at radius 3 is 2.74 bits per heavy atom. The third kappa shape index (κ3) is 2.63. The van der Waals surface area contributed by atoms with Gasteiger partial charge in [-0.1, -0.05) is 24.6 Å². The molecule has 1 aliphatic heterocycles. The molecular weight excluding hydrogens is 254 g/mol. The first-order valence-electron chi connectivity index (χ1n) is 7.38. The van der Waals surface area contributed by atoms with Crippen LogP contribution in [0.3, 0.4) is 0 Å². The number of benzene rings is 1. The average molecular weight is 277 g/mol. The summed E-state index contributed by atoms with van der Waals surface area (Å²) in [5.41, 5.74) is 7.58. The Balaban J connectivity index is 1.80. The second-order valence-corrected chi connectivity index (χ2v) is 6.94. The zero-order valence-electron chi connectivity index (χ0n) is 11.4. The van der Waals surface area contributed by atoms with Gasteiger partial charge < -0.3 is 10.5 Å². The molecule has 2 nitrogen and oxygen atoms in total. The normalized spacial score (nSPS) is 25.6. The molecule has 1 unspecified atom stereocenters. The molecule has 2 N–H and O–H groups in total. The van der Waals surface area contributed by atoms with E-state index >= 15 is 0 Å². The lowest BCUT2D eigenvalue weighted by Crippen LogP contribution is -2.42. The molecule has 0 aromatic heterocycles. The molecule has 1 heterocycles. The van der Waals surface area contributed by atoms with Crippen molar-refractivity contribution >= 4 is 11.8 Å². The van der Waals surface area contributed by atoms with Gasteiger partial charge in [0.05, 0.1) is 0 Å². The molecule has 0 spiro atoms. The van der Waals surface area contributed by atoms with Crippen LogP contribution in [0.15, 0.2) is 24.3 Å². The van der Waals surface area contributed by atoms with Gasteiger partial charge in [0.25, 0.3) is 0 Å². The Labute approximate surface area is 120 Å². The van der Waals surface area contributed by atoms with Crippen molar-refractivity contribution in [2.75, 3.05) is 18.1 Å². The Morgan fingerprint density at radius 1 is 1.26 bits per heavy atom. The Kier molecular flexibility index (Phi) is 4.04. The highest BCUT2D eigenvalue weighted by Gasteiger charge is 2.39. The van der Waals surface area contributed by atoms with Crippen molar-refractivity contribution < 1.29 is 4.74 Å². The molecule has 1 saturated carbocycles. The molecule has 0 radical (unpaired) electrons. The molecular formula is C16H23NOS. The maximum Gasteiger partial charge on any atom is 0.123 e. The van der Waals surface area contributed by atoms with E-state index in [-0.39, 0.29) is 5.41 Å². The van der Waals surface area contributed by atoms with Gasteiger partial charge in [0.1, 0.15) is 11.9 Å². The van der Waals surface area contributed by atoms with Gasteiger partial charge >= 0.3 is 0 Å². The van der Waals surface area contributed by atoms with Gasteiger partial charge in [-0.15, -0.1) is 0 Å². The number of nitrogens with two attached hydrogens (primary N) is 1. The summed E-state index contributed by atoms with van der Waals surface area (Å²) in [7, 11) is 0. The largest absolute Gasteiger partial charge is 0.489 e. The van der Waals surface area contributed by atoms with Crippen molar-refractivity contribution in [2.24, 2.45) is 5.73 Å². The quantitative estimate of drug-likeness (QED) is 0.916. The van der Waals surface area contributed by atoms with Crippen LogP contribution >= 0.6 is 11.8 Å². The Hall–Kier alpha value is -0.670. The zero-order valence-corrected chi connectivity index (χ0v) is 12.3. The predicted molar refractivity (Wildman–Crippen MR) is 82.0 cm³/mol. The van der Waals surface area contributed by atoms with Gasteiger partial charge in [0, 0.05) is 23.3 Å². The van der Waals surface area contributed by atoms with Crippen LogP contribution in [0.1, 0.15) is 37.7 Å². The first kappa shape index (κ1) is 13.3. The van der Waals surface area contributed by atoms with Crippen molar-refractivity contribution in [3.05, 3.63) is 29.8 Å². The lowest BCUT2D eigenvalue weighted by atomic mass is 9.64. The van der Waals surface area contributed by atoms with Crippen LogP contribution in [0.5, 0.6) is 5.75 Å². The zero-order chi connectivity index (χ0) is 13.1. The topological polar surface area (TPSA) is 35.2 Å². The third-order valence-corrected chi connectivity index (χ3v) is 5.76. The van der Waals surface area contributed by atoms with Gasteiger partial charge in [-0.3, -0.25) is 0 Å². The summed E-state index contributed by atoms with van der Waals surface area (Å²) in [6.07, 6.45) is 6.57. The van der Waals surface area contributed by atoms with Crippen LogP contribution in [0, 0.1) is 0 Å². The molecule has 2 aliphatic rings. The molecule has 1 atom stereocenters. The average Bonchev–Trinajstić information content (AvgIpc) is 2.41. The van der Waals surface area contributed by atoms with Crippen LogP contribution in [0.2, 0.25) is 0 Å². The maximum atomic E-state index is 6.29. The minimum atomic E-state index is 0.193. The number of rotatable bonds is 4. The molecule has 1 aromatic carbocycles. The highest BCUT2D eigenvalue weighted by atomic mass is 32.2. The van der Waals surface area contributed by atoms with Crippen LogP contribution < -0.4 is 10.5 Å². The summed E-state index contributed by atoms with van der Waals surface area (Å²) >= 11 is 2.01. The highest BCUT2D eigenvalue weighted by Crippen LogP contribution is 2.46. The summed E-state index contributed by atoms with van der Waals surface area (Å²) in [6.45, 7) is 0.743. The number of para-hydroxylation sites is 1. The minimum absolute atomic E-state index is 0.193. The summed E-state index contributed by atoms with van der Waals surface area (Å²) in [6, 6.07) is 8.55. The van der Waals surface area contributed by atoms with Crippen molar-refractivity contribution in [1.82, 2.24) is 0 Å². The van der Waals surface area contributed by atoms with Gasteiger partial charge in [0.15, 0.2) is 0 Å². The second-order valence-electron chi connectivity index (χ2n) is 5.79. The fourth-order valence-corrected chi connectivity index (χ4v) is 4.21. The van der Waals surface area contributed by atoms with Gasteiger partial charge in [-0.2, -0.15) is 11.8 Å². The van der Waals surface area contributed by atoms with E-state index in [4.69, 9.17) is 10.5 Å². The number of thioether (sulfide) groups is 1. The lowest BCUT2D eigenvalue weighted by molar-refractivity contribution is 0.191. The standard InChI is InChI=1S/C16H23NOS/c17-12-16(8-4-9-16)14-6-1-2-7-15(14)18-13-5-3-10-19-11-13/h1-2,6-7,13H,3-5,8-12,17H2.